The molecule has 0 fully saturated rings. The number of aryl methyl sites for hydroxylation is 2. The van der Waals surface area contributed by atoms with Crippen LogP contribution >= 0.6 is 23.5 Å². The molecule has 1 heterocycles. The molecule has 0 spiro atoms. The summed E-state index contributed by atoms with van der Waals surface area (Å²) in [6.45, 7) is 2.02. The predicted molar refractivity (Wildman–Crippen MR) is 97.8 cm³/mol. The first-order valence-electron chi connectivity index (χ1n) is 7.23. The van der Waals surface area contributed by atoms with E-state index in [0.717, 1.165) is 40.2 Å². The summed E-state index contributed by atoms with van der Waals surface area (Å²) in [6, 6.07) is 7.27. The average Bonchev–Trinajstić information content (AvgIpc) is 2.92. The van der Waals surface area contributed by atoms with Gasteiger partial charge in [0, 0.05) is 17.8 Å². The first-order chi connectivity index (χ1) is 11.1. The van der Waals surface area contributed by atoms with Crippen molar-refractivity contribution < 1.29 is 9.53 Å². The van der Waals surface area contributed by atoms with Crippen molar-refractivity contribution >= 4 is 35.1 Å². The van der Waals surface area contributed by atoms with Crippen LogP contribution in [-0.4, -0.2) is 40.7 Å². The molecule has 0 unspecified atom stereocenters. The number of nitrogens with zero attached hydrogens (tertiary/aromatic N) is 1. The lowest BCUT2D eigenvalue weighted by Crippen LogP contribution is -2.14. The zero-order valence-electron chi connectivity index (χ0n) is 13.5. The molecular formula is C16H21N3O2S2. The molecular weight excluding hydrogens is 330 g/mol. The van der Waals surface area contributed by atoms with Crippen molar-refractivity contribution in [1.29, 1.82) is 0 Å². The van der Waals surface area contributed by atoms with Gasteiger partial charge in [-0.2, -0.15) is 11.8 Å². The van der Waals surface area contributed by atoms with Crippen molar-refractivity contribution in [3.05, 3.63) is 35.7 Å². The highest BCUT2D eigenvalue weighted by molar-refractivity contribution is 7.99. The smallest absolute Gasteiger partial charge is 0.234 e. The van der Waals surface area contributed by atoms with Crippen molar-refractivity contribution in [1.82, 2.24) is 9.97 Å². The standard InChI is InChI=1S/C16H21N3O2S2/c1-11-14(8-9-22-3)19-16(17-11)23-10-15(20)18-12-4-6-13(21-2)7-5-12/h4-7H,8-10H2,1-3H3,(H,17,19)(H,18,20). The van der Waals surface area contributed by atoms with E-state index in [9.17, 15) is 4.79 Å². The Morgan fingerprint density at radius 1 is 1.35 bits per heavy atom. The van der Waals surface area contributed by atoms with Gasteiger partial charge in [-0.05, 0) is 43.2 Å². The van der Waals surface area contributed by atoms with Gasteiger partial charge in [0.1, 0.15) is 5.75 Å². The molecule has 0 atom stereocenters. The second-order valence-corrected chi connectivity index (χ2v) is 6.87. The summed E-state index contributed by atoms with van der Waals surface area (Å²) in [4.78, 5) is 19.8. The minimum Gasteiger partial charge on any atom is -0.497 e. The molecule has 1 aromatic heterocycles. The summed E-state index contributed by atoms with van der Waals surface area (Å²) in [5.74, 6) is 2.08. The number of aromatic amines is 1. The van der Waals surface area contributed by atoms with Crippen molar-refractivity contribution in [3.63, 3.8) is 0 Å². The first kappa shape index (κ1) is 17.7. The van der Waals surface area contributed by atoms with Gasteiger partial charge in [-0.3, -0.25) is 4.79 Å². The van der Waals surface area contributed by atoms with Gasteiger partial charge in [0.15, 0.2) is 5.16 Å². The van der Waals surface area contributed by atoms with Crippen LogP contribution in [0.4, 0.5) is 5.69 Å². The molecule has 7 heteroatoms. The molecule has 0 radical (unpaired) electrons. The Kier molecular flexibility index (Phi) is 6.85. The topological polar surface area (TPSA) is 67.0 Å². The van der Waals surface area contributed by atoms with Gasteiger partial charge in [0.25, 0.3) is 0 Å². The summed E-state index contributed by atoms with van der Waals surface area (Å²) in [7, 11) is 1.61. The molecule has 1 amide bonds. The zero-order valence-corrected chi connectivity index (χ0v) is 15.1. The number of ether oxygens (including phenoxy) is 1. The Morgan fingerprint density at radius 2 is 2.09 bits per heavy atom. The van der Waals surface area contributed by atoms with Gasteiger partial charge >= 0.3 is 0 Å². The van der Waals surface area contributed by atoms with Gasteiger partial charge in [-0.1, -0.05) is 11.8 Å². The molecule has 1 aromatic carbocycles. The molecule has 0 saturated heterocycles. The summed E-state index contributed by atoms with van der Waals surface area (Å²) in [6.07, 6.45) is 3.03. The molecule has 2 aromatic rings. The second-order valence-electron chi connectivity index (χ2n) is 4.92. The first-order valence-corrected chi connectivity index (χ1v) is 9.61. The predicted octanol–water partition coefficient (Wildman–Crippen LogP) is 3.36. The van der Waals surface area contributed by atoms with Crippen molar-refractivity contribution in [3.8, 4) is 5.75 Å². The minimum absolute atomic E-state index is 0.0557. The second kappa shape index (κ2) is 8.88. The van der Waals surface area contributed by atoms with Crippen LogP contribution in [0.1, 0.15) is 11.4 Å². The van der Waals surface area contributed by atoms with E-state index in [1.165, 1.54) is 11.8 Å². The number of hydrogen-bond donors (Lipinski definition) is 2. The molecule has 5 nitrogen and oxygen atoms in total. The molecule has 0 aliphatic heterocycles. The van der Waals surface area contributed by atoms with Crippen LogP contribution in [0.25, 0.3) is 0 Å². The number of nitrogens with one attached hydrogen (secondary N) is 2. The van der Waals surface area contributed by atoms with Gasteiger partial charge in [-0.25, -0.2) is 4.98 Å². The van der Waals surface area contributed by atoms with Crippen LogP contribution in [0.15, 0.2) is 29.4 Å². The maximum absolute atomic E-state index is 12.0. The summed E-state index contributed by atoms with van der Waals surface area (Å²) in [5.41, 5.74) is 2.92. The quantitative estimate of drug-likeness (QED) is 0.714. The summed E-state index contributed by atoms with van der Waals surface area (Å²) in [5, 5.41) is 3.65. The van der Waals surface area contributed by atoms with Crippen LogP contribution < -0.4 is 10.1 Å². The lowest BCUT2D eigenvalue weighted by Gasteiger charge is -2.05. The Balaban J connectivity index is 1.83. The monoisotopic (exact) mass is 351 g/mol. The number of benzene rings is 1. The summed E-state index contributed by atoms with van der Waals surface area (Å²) >= 11 is 3.22. The number of methoxy groups -OCH3 is 1. The van der Waals surface area contributed by atoms with E-state index in [2.05, 4.69) is 21.5 Å². The number of thioether (sulfide) groups is 2. The molecule has 23 heavy (non-hydrogen) atoms. The van der Waals surface area contributed by atoms with Crippen LogP contribution in [0.5, 0.6) is 5.75 Å². The van der Waals surface area contributed by atoms with Crippen LogP contribution in [0.2, 0.25) is 0 Å². The lowest BCUT2D eigenvalue weighted by molar-refractivity contribution is -0.113. The van der Waals surface area contributed by atoms with E-state index >= 15 is 0 Å². The molecule has 0 aliphatic carbocycles. The number of anilines is 1. The van der Waals surface area contributed by atoms with Crippen LogP contribution in [-0.2, 0) is 11.2 Å². The number of hydrogen-bond acceptors (Lipinski definition) is 5. The third kappa shape index (κ3) is 5.51. The molecule has 0 aliphatic rings. The minimum atomic E-state index is -0.0557. The number of amides is 1. The van der Waals surface area contributed by atoms with E-state index in [4.69, 9.17) is 4.74 Å². The molecule has 2 rings (SSSR count). The SMILES string of the molecule is COc1ccc(NC(=O)CSc2nc(CCSC)c(C)[nH]2)cc1. The van der Waals surface area contributed by atoms with Gasteiger partial charge in [-0.15, -0.1) is 0 Å². The van der Waals surface area contributed by atoms with Crippen molar-refractivity contribution in [2.45, 2.75) is 18.5 Å². The molecule has 2 N–H and O–H groups in total. The fourth-order valence-corrected chi connectivity index (χ4v) is 3.12. The number of aromatic nitrogens is 2. The van der Waals surface area contributed by atoms with Crippen LogP contribution in [0.3, 0.4) is 0 Å². The number of H-pyrrole nitrogens is 1. The largest absolute Gasteiger partial charge is 0.497 e. The normalized spacial score (nSPS) is 10.6. The molecule has 0 saturated carbocycles. The third-order valence-corrected chi connectivity index (χ3v) is 4.71. The third-order valence-electron chi connectivity index (χ3n) is 3.22. The fourth-order valence-electron chi connectivity index (χ4n) is 1.98. The Hall–Kier alpha value is -1.60. The van der Waals surface area contributed by atoms with Crippen LogP contribution in [0, 0.1) is 6.92 Å². The molecule has 124 valence electrons. The lowest BCUT2D eigenvalue weighted by atomic mass is 10.3. The average molecular weight is 351 g/mol. The Bertz CT molecular complexity index is 641. The number of imidazole rings is 1. The van der Waals surface area contributed by atoms with Gasteiger partial charge in [0.05, 0.1) is 18.6 Å². The van der Waals surface area contributed by atoms with E-state index in [1.807, 2.05) is 31.2 Å². The van der Waals surface area contributed by atoms with Gasteiger partial charge in [0.2, 0.25) is 5.91 Å². The Labute approximate surface area is 145 Å². The highest BCUT2D eigenvalue weighted by Gasteiger charge is 2.09. The van der Waals surface area contributed by atoms with Gasteiger partial charge < -0.3 is 15.0 Å². The highest BCUT2D eigenvalue weighted by Crippen LogP contribution is 2.19. The maximum atomic E-state index is 12.0. The van der Waals surface area contributed by atoms with Crippen molar-refractivity contribution in [2.75, 3.05) is 30.2 Å². The van der Waals surface area contributed by atoms with Crippen molar-refractivity contribution in [2.24, 2.45) is 0 Å². The fraction of sp³-hybridized carbons (Fsp3) is 0.375. The molecule has 0 bridgehead atoms. The summed E-state index contributed by atoms with van der Waals surface area (Å²) < 4.78 is 5.09. The van der Waals surface area contributed by atoms with E-state index in [-0.39, 0.29) is 5.91 Å². The Morgan fingerprint density at radius 3 is 2.74 bits per heavy atom. The maximum Gasteiger partial charge on any atom is 0.234 e. The number of rotatable bonds is 8. The zero-order chi connectivity index (χ0) is 16.7. The van der Waals surface area contributed by atoms with E-state index in [1.54, 1.807) is 18.9 Å². The van der Waals surface area contributed by atoms with E-state index < -0.39 is 0 Å². The highest BCUT2D eigenvalue weighted by atomic mass is 32.2. The van der Waals surface area contributed by atoms with E-state index in [0.29, 0.717) is 5.75 Å². The number of carbonyl (C=O) groups excluding carboxylic acids is 1. The number of carbonyl (C=O) groups is 1.